The van der Waals surface area contributed by atoms with Crippen LogP contribution < -0.4 is 0 Å². The third-order valence-corrected chi connectivity index (χ3v) is 7.07. The molecule has 2 atom stereocenters. The molecule has 0 spiro atoms. The van der Waals surface area contributed by atoms with Crippen LogP contribution in [0.15, 0.2) is 70.9 Å². The third-order valence-electron chi connectivity index (χ3n) is 7.07. The van der Waals surface area contributed by atoms with E-state index < -0.39 is 0 Å². The Morgan fingerprint density at radius 2 is 1.43 bits per heavy atom. The lowest BCUT2D eigenvalue weighted by Gasteiger charge is -2.53. The topological polar surface area (TPSA) is 37.2 Å². The quantitative estimate of drug-likeness (QED) is 0.731. The van der Waals surface area contributed by atoms with E-state index in [2.05, 4.69) is 65.6 Å². The molecule has 0 amide bonds. The molecule has 156 valence electrons. The molecule has 2 aromatic carbocycles. The Morgan fingerprint density at radius 1 is 0.767 bits per heavy atom. The SMILES string of the molecule is c1ccc(C2=NN=C(c3ccccc3)C3(N4CCOCC4)CCCCCCC23)cc1. The summed E-state index contributed by atoms with van der Waals surface area (Å²) in [5, 5.41) is 9.88. The van der Waals surface area contributed by atoms with Crippen molar-refractivity contribution in [1.82, 2.24) is 4.90 Å². The van der Waals surface area contributed by atoms with Crippen LogP contribution in [0.4, 0.5) is 0 Å². The molecule has 2 aromatic rings. The summed E-state index contributed by atoms with van der Waals surface area (Å²) in [5.41, 5.74) is 4.65. The van der Waals surface area contributed by atoms with Crippen LogP contribution in [-0.4, -0.2) is 48.2 Å². The first-order chi connectivity index (χ1) is 14.9. The number of rotatable bonds is 3. The average molecular weight is 402 g/mol. The zero-order valence-corrected chi connectivity index (χ0v) is 17.7. The number of ether oxygens (including phenoxy) is 1. The van der Waals surface area contributed by atoms with Crippen molar-refractivity contribution in [1.29, 1.82) is 0 Å². The van der Waals surface area contributed by atoms with Gasteiger partial charge in [0.05, 0.1) is 30.2 Å². The molecule has 1 saturated heterocycles. The van der Waals surface area contributed by atoms with Crippen molar-refractivity contribution < 1.29 is 4.74 Å². The molecule has 1 saturated carbocycles. The molecule has 2 heterocycles. The molecule has 2 aliphatic heterocycles. The molecule has 30 heavy (non-hydrogen) atoms. The predicted molar refractivity (Wildman–Crippen MR) is 122 cm³/mol. The fourth-order valence-corrected chi connectivity index (χ4v) is 5.68. The van der Waals surface area contributed by atoms with Crippen molar-refractivity contribution >= 4 is 11.4 Å². The van der Waals surface area contributed by atoms with Crippen molar-refractivity contribution in [2.75, 3.05) is 26.3 Å². The first-order valence-corrected chi connectivity index (χ1v) is 11.5. The number of benzene rings is 2. The van der Waals surface area contributed by atoms with Gasteiger partial charge in [0.2, 0.25) is 0 Å². The molecule has 2 unspecified atom stereocenters. The van der Waals surface area contributed by atoms with Gasteiger partial charge in [-0.1, -0.05) is 86.3 Å². The number of fused-ring (bicyclic) bond motifs is 1. The van der Waals surface area contributed by atoms with Gasteiger partial charge in [-0.15, -0.1) is 0 Å². The fraction of sp³-hybridized carbons (Fsp3) is 0.462. The van der Waals surface area contributed by atoms with Gasteiger partial charge in [0.1, 0.15) is 0 Å². The molecule has 1 aliphatic carbocycles. The van der Waals surface area contributed by atoms with Crippen LogP contribution in [0.3, 0.4) is 0 Å². The van der Waals surface area contributed by atoms with Gasteiger partial charge in [-0.05, 0) is 24.0 Å². The van der Waals surface area contributed by atoms with Crippen LogP contribution in [0, 0.1) is 5.92 Å². The Morgan fingerprint density at radius 3 is 2.17 bits per heavy atom. The Balaban J connectivity index is 1.70. The van der Waals surface area contributed by atoms with Crippen molar-refractivity contribution in [3.05, 3.63) is 71.8 Å². The first kappa shape index (κ1) is 19.7. The summed E-state index contributed by atoms with van der Waals surface area (Å²) in [7, 11) is 0. The fourth-order valence-electron chi connectivity index (χ4n) is 5.68. The van der Waals surface area contributed by atoms with Crippen molar-refractivity contribution in [3.8, 4) is 0 Å². The van der Waals surface area contributed by atoms with Gasteiger partial charge in [0.25, 0.3) is 0 Å². The zero-order valence-electron chi connectivity index (χ0n) is 17.7. The molecule has 4 heteroatoms. The van der Waals surface area contributed by atoms with E-state index in [1.807, 2.05) is 0 Å². The molecule has 0 N–H and O–H groups in total. The van der Waals surface area contributed by atoms with E-state index in [9.17, 15) is 0 Å². The molecule has 4 nitrogen and oxygen atoms in total. The highest BCUT2D eigenvalue weighted by molar-refractivity contribution is 6.15. The minimum absolute atomic E-state index is 0.113. The normalized spacial score (nSPS) is 27.9. The second kappa shape index (κ2) is 8.83. The number of hydrogen-bond donors (Lipinski definition) is 0. The maximum absolute atomic E-state index is 5.76. The number of hydrogen-bond acceptors (Lipinski definition) is 4. The number of morpholine rings is 1. The van der Waals surface area contributed by atoms with E-state index in [1.54, 1.807) is 0 Å². The summed E-state index contributed by atoms with van der Waals surface area (Å²) in [5.74, 6) is 0.353. The molecular weight excluding hydrogens is 370 g/mol. The lowest BCUT2D eigenvalue weighted by molar-refractivity contribution is -0.0163. The van der Waals surface area contributed by atoms with E-state index >= 15 is 0 Å². The minimum atomic E-state index is -0.113. The Labute approximate surface area is 179 Å². The van der Waals surface area contributed by atoms with Crippen LogP contribution in [0.5, 0.6) is 0 Å². The van der Waals surface area contributed by atoms with Crippen LogP contribution in [0.25, 0.3) is 0 Å². The first-order valence-electron chi connectivity index (χ1n) is 11.5. The van der Waals surface area contributed by atoms with Crippen molar-refractivity contribution in [3.63, 3.8) is 0 Å². The van der Waals surface area contributed by atoms with Crippen molar-refractivity contribution in [2.24, 2.45) is 16.1 Å². The van der Waals surface area contributed by atoms with E-state index in [4.69, 9.17) is 14.9 Å². The molecule has 0 radical (unpaired) electrons. The Kier molecular flexibility index (Phi) is 5.78. The monoisotopic (exact) mass is 401 g/mol. The molecule has 3 aliphatic rings. The van der Waals surface area contributed by atoms with Gasteiger partial charge in [-0.25, -0.2) is 0 Å². The summed E-state index contributed by atoms with van der Waals surface area (Å²) in [6.45, 7) is 3.53. The highest BCUT2D eigenvalue weighted by atomic mass is 16.5. The highest BCUT2D eigenvalue weighted by Crippen LogP contribution is 2.44. The van der Waals surface area contributed by atoms with Gasteiger partial charge in [-0.3, -0.25) is 4.90 Å². The van der Waals surface area contributed by atoms with Gasteiger partial charge < -0.3 is 4.74 Å². The summed E-state index contributed by atoms with van der Waals surface area (Å²) in [4.78, 5) is 2.69. The van der Waals surface area contributed by atoms with E-state index in [-0.39, 0.29) is 5.54 Å². The second-order valence-corrected chi connectivity index (χ2v) is 8.70. The van der Waals surface area contributed by atoms with Crippen LogP contribution in [0.2, 0.25) is 0 Å². The summed E-state index contributed by atoms with van der Waals surface area (Å²) < 4.78 is 5.76. The van der Waals surface area contributed by atoms with Gasteiger partial charge >= 0.3 is 0 Å². The molecular formula is C26H31N3O. The molecule has 0 aromatic heterocycles. The molecule has 2 fully saturated rings. The summed E-state index contributed by atoms with van der Waals surface area (Å²) >= 11 is 0. The maximum atomic E-state index is 5.76. The maximum Gasteiger partial charge on any atom is 0.0912 e. The van der Waals surface area contributed by atoms with E-state index in [1.165, 1.54) is 42.5 Å². The standard InChI is InChI=1S/C26H31N3O/c1-2-10-16-26(29-17-19-30-20-18-29)23(15-9-1)24(21-11-5-3-6-12-21)27-28-25(26)22-13-7-4-8-14-22/h3-8,11-14,23H,1-2,9-10,15-20H2. The zero-order chi connectivity index (χ0) is 20.2. The second-order valence-electron chi connectivity index (χ2n) is 8.70. The third kappa shape index (κ3) is 3.52. The van der Waals surface area contributed by atoms with Gasteiger partial charge in [0.15, 0.2) is 0 Å². The lowest BCUT2D eigenvalue weighted by atomic mass is 9.66. The van der Waals surface area contributed by atoms with Crippen LogP contribution >= 0.6 is 0 Å². The van der Waals surface area contributed by atoms with E-state index in [0.29, 0.717) is 5.92 Å². The van der Waals surface area contributed by atoms with Gasteiger partial charge in [0, 0.05) is 19.0 Å². The summed E-state index contributed by atoms with van der Waals surface area (Å²) in [6, 6.07) is 21.5. The summed E-state index contributed by atoms with van der Waals surface area (Å²) in [6.07, 6.45) is 7.41. The Hall–Kier alpha value is -2.30. The molecule has 0 bridgehead atoms. The van der Waals surface area contributed by atoms with Crippen LogP contribution in [-0.2, 0) is 4.74 Å². The predicted octanol–water partition coefficient (Wildman–Crippen LogP) is 4.94. The minimum Gasteiger partial charge on any atom is -0.379 e. The van der Waals surface area contributed by atoms with E-state index in [0.717, 1.165) is 44.9 Å². The lowest BCUT2D eigenvalue weighted by Crippen LogP contribution is -2.65. The highest BCUT2D eigenvalue weighted by Gasteiger charge is 2.52. The largest absolute Gasteiger partial charge is 0.379 e. The number of nitrogens with zero attached hydrogens (tertiary/aromatic N) is 3. The average Bonchev–Trinajstić information content (AvgIpc) is 2.81. The smallest absolute Gasteiger partial charge is 0.0912 e. The van der Waals surface area contributed by atoms with Crippen molar-refractivity contribution in [2.45, 2.75) is 44.1 Å². The van der Waals surface area contributed by atoms with Crippen LogP contribution in [0.1, 0.15) is 49.7 Å². The molecule has 5 rings (SSSR count). The van der Waals surface area contributed by atoms with Gasteiger partial charge in [-0.2, -0.15) is 10.2 Å². The Bertz CT molecular complexity index is 902.